The van der Waals surface area contributed by atoms with Crippen LogP contribution < -0.4 is 15.0 Å². The van der Waals surface area contributed by atoms with Gasteiger partial charge in [0, 0.05) is 32.5 Å². The minimum Gasteiger partial charge on any atom is -0.494 e. The number of nitrogens with one attached hydrogen (secondary N) is 2. The predicted octanol–water partition coefficient (Wildman–Crippen LogP) is 4.33. The number of benzene rings is 1. The lowest BCUT2D eigenvalue weighted by Crippen LogP contribution is -2.58. The third kappa shape index (κ3) is 5.58. The fourth-order valence-corrected chi connectivity index (χ4v) is 4.79. The number of aromatic amines is 1. The van der Waals surface area contributed by atoms with Crippen molar-refractivity contribution in [3.63, 3.8) is 0 Å². The average Bonchev–Trinajstić information content (AvgIpc) is 3.53. The number of thiazole rings is 1. The number of carbonyl (C=O) groups is 1. The van der Waals surface area contributed by atoms with E-state index in [4.69, 9.17) is 4.74 Å². The summed E-state index contributed by atoms with van der Waals surface area (Å²) < 4.78 is 86.5. The quantitative estimate of drug-likeness (QED) is 0.311. The number of H-pyrrole nitrogens is 1. The van der Waals surface area contributed by atoms with Crippen LogP contribution in [0.5, 0.6) is 5.75 Å². The fraction of sp³-hybridized carbons (Fsp3) is 0.409. The van der Waals surface area contributed by atoms with Crippen molar-refractivity contribution in [1.29, 1.82) is 0 Å². The molecule has 2 aromatic heterocycles. The van der Waals surface area contributed by atoms with Gasteiger partial charge >= 0.3 is 12.4 Å². The summed E-state index contributed by atoms with van der Waals surface area (Å²) in [6.07, 6.45) is -9.87. The van der Waals surface area contributed by atoms with Crippen LogP contribution in [-0.4, -0.2) is 64.6 Å². The number of tetrazole rings is 1. The molecule has 1 unspecified atom stereocenters. The second kappa shape index (κ2) is 10.2. The fourth-order valence-electron chi connectivity index (χ4n) is 3.90. The lowest BCUT2D eigenvalue weighted by molar-refractivity contribution is -0.201. The Morgan fingerprint density at radius 3 is 2.39 bits per heavy atom. The minimum atomic E-state index is -4.95. The molecule has 1 atom stereocenters. The Bertz CT molecular complexity index is 1300. The van der Waals surface area contributed by atoms with Crippen LogP contribution in [-0.2, 0) is 10.3 Å². The number of nitrogens with zero attached hydrogens (tertiary/aromatic N) is 5. The van der Waals surface area contributed by atoms with Crippen molar-refractivity contribution in [3.8, 4) is 5.75 Å². The van der Waals surface area contributed by atoms with Crippen molar-refractivity contribution in [1.82, 2.24) is 30.9 Å². The molecular weight excluding hydrogens is 540 g/mol. The summed E-state index contributed by atoms with van der Waals surface area (Å²) >= 11 is 1.10. The van der Waals surface area contributed by atoms with Gasteiger partial charge in [0.05, 0.1) is 18.4 Å². The van der Waals surface area contributed by atoms with Crippen molar-refractivity contribution in [2.45, 2.75) is 37.2 Å². The van der Waals surface area contributed by atoms with Crippen LogP contribution in [0.25, 0.3) is 11.1 Å². The highest BCUT2D eigenvalue weighted by Gasteiger charge is 2.60. The smallest absolute Gasteiger partial charge is 0.416 e. The Morgan fingerprint density at radius 2 is 1.84 bits per heavy atom. The van der Waals surface area contributed by atoms with Crippen LogP contribution in [0.15, 0.2) is 30.5 Å². The minimum absolute atomic E-state index is 0.0157. The van der Waals surface area contributed by atoms with E-state index in [0.29, 0.717) is 5.00 Å². The normalized spacial score (nSPS) is 18.5. The maximum absolute atomic E-state index is 14.8. The molecule has 4 rings (SSSR count). The summed E-state index contributed by atoms with van der Waals surface area (Å²) in [5.41, 5.74) is -3.35. The summed E-state index contributed by atoms with van der Waals surface area (Å²) in [6, 6.07) is 4.68. The molecular formula is C22H21F6N7O2S. The van der Waals surface area contributed by atoms with E-state index in [1.165, 1.54) is 18.3 Å². The van der Waals surface area contributed by atoms with Gasteiger partial charge in [-0.2, -0.15) is 31.6 Å². The Hall–Kier alpha value is -3.69. The van der Waals surface area contributed by atoms with E-state index in [0.717, 1.165) is 23.5 Å². The highest BCUT2D eigenvalue weighted by molar-refractivity contribution is 7.16. The Labute approximate surface area is 215 Å². The third-order valence-electron chi connectivity index (χ3n) is 5.76. The SMILES string of the molecule is CN(C)c1cnc(C2=C(c3nn[nH]n3)C(=O)NC(c3ccc(OCCCC(F)(F)F)cc3)(C(F)(F)F)C2)s1. The standard InChI is InChI=1S/C22H21F6N7O2S/c1-35(2)15-11-29-19(38-15)14-10-20(22(26,27)28,30-18(36)16(14)17-31-33-34-32-17)12-4-6-13(7-5-12)37-9-3-8-21(23,24)25/h4-7,11H,3,8-10H2,1-2H3,(H,30,36)(H,31,32,33,34). The van der Waals surface area contributed by atoms with E-state index in [1.54, 1.807) is 19.0 Å². The van der Waals surface area contributed by atoms with Gasteiger partial charge in [0.25, 0.3) is 5.91 Å². The molecule has 1 aromatic carbocycles. The largest absolute Gasteiger partial charge is 0.494 e. The molecule has 0 bridgehead atoms. The molecule has 1 amide bonds. The molecule has 16 heteroatoms. The lowest BCUT2D eigenvalue weighted by Gasteiger charge is -2.40. The highest BCUT2D eigenvalue weighted by atomic mass is 32.1. The molecule has 9 nitrogen and oxygen atoms in total. The van der Waals surface area contributed by atoms with Crippen LogP contribution in [0.4, 0.5) is 31.3 Å². The summed E-state index contributed by atoms with van der Waals surface area (Å²) in [4.78, 5) is 19.2. The van der Waals surface area contributed by atoms with E-state index < -0.39 is 36.6 Å². The molecule has 0 radical (unpaired) electrons. The maximum atomic E-state index is 14.8. The number of ether oxygens (including phenoxy) is 1. The van der Waals surface area contributed by atoms with E-state index in [-0.39, 0.29) is 46.3 Å². The first-order valence-corrected chi connectivity index (χ1v) is 11.9. The number of anilines is 1. The lowest BCUT2D eigenvalue weighted by atomic mass is 9.78. The molecule has 1 aliphatic rings. The number of carbonyl (C=O) groups excluding carboxylic acids is 1. The molecule has 0 spiro atoms. The number of aromatic nitrogens is 5. The number of rotatable bonds is 8. The summed E-state index contributed by atoms with van der Waals surface area (Å²) in [5.74, 6) is -1.16. The van der Waals surface area contributed by atoms with Gasteiger partial charge in [-0.05, 0) is 29.3 Å². The maximum Gasteiger partial charge on any atom is 0.416 e. The molecule has 0 saturated heterocycles. The van der Waals surface area contributed by atoms with Gasteiger partial charge in [-0.1, -0.05) is 23.5 Å². The number of hydrogen-bond donors (Lipinski definition) is 2. The zero-order chi connectivity index (χ0) is 27.7. The predicted molar refractivity (Wildman–Crippen MR) is 125 cm³/mol. The van der Waals surface area contributed by atoms with Crippen molar-refractivity contribution >= 4 is 33.4 Å². The number of hydrogen-bond acceptors (Lipinski definition) is 8. The molecule has 204 valence electrons. The highest BCUT2D eigenvalue weighted by Crippen LogP contribution is 2.50. The summed E-state index contributed by atoms with van der Waals surface area (Å²) in [5, 5.41) is 16.1. The first-order chi connectivity index (χ1) is 17.8. The van der Waals surface area contributed by atoms with Crippen molar-refractivity contribution in [2.24, 2.45) is 0 Å². The molecule has 0 saturated carbocycles. The summed E-state index contributed by atoms with van der Waals surface area (Å²) in [7, 11) is 3.48. The van der Waals surface area contributed by atoms with Crippen molar-refractivity contribution in [2.75, 3.05) is 25.6 Å². The Balaban J connectivity index is 1.71. The van der Waals surface area contributed by atoms with Gasteiger partial charge in [0.1, 0.15) is 15.8 Å². The number of amides is 1. The number of halogens is 6. The topological polar surface area (TPSA) is 109 Å². The second-order valence-corrected chi connectivity index (χ2v) is 9.62. The first kappa shape index (κ1) is 27.3. The molecule has 0 fully saturated rings. The van der Waals surface area contributed by atoms with Crippen molar-refractivity contribution < 1.29 is 35.9 Å². The van der Waals surface area contributed by atoms with Crippen LogP contribution in [0.1, 0.15) is 35.7 Å². The first-order valence-electron chi connectivity index (χ1n) is 11.1. The molecule has 1 aliphatic heterocycles. The molecule has 38 heavy (non-hydrogen) atoms. The summed E-state index contributed by atoms with van der Waals surface area (Å²) in [6.45, 7) is -0.265. The average molecular weight is 562 g/mol. The molecule has 0 aliphatic carbocycles. The molecule has 3 heterocycles. The van der Waals surface area contributed by atoms with Crippen LogP contribution >= 0.6 is 11.3 Å². The second-order valence-electron chi connectivity index (χ2n) is 8.61. The number of alkyl halides is 6. The van der Waals surface area contributed by atoms with E-state index >= 15 is 0 Å². The van der Waals surface area contributed by atoms with Crippen LogP contribution in [0.3, 0.4) is 0 Å². The Morgan fingerprint density at radius 1 is 1.13 bits per heavy atom. The molecule has 2 N–H and O–H groups in total. The van der Waals surface area contributed by atoms with E-state index in [1.807, 2.05) is 0 Å². The van der Waals surface area contributed by atoms with Gasteiger partial charge in [-0.3, -0.25) is 4.79 Å². The van der Waals surface area contributed by atoms with Crippen LogP contribution in [0.2, 0.25) is 0 Å². The molecule has 3 aromatic rings. The monoisotopic (exact) mass is 561 g/mol. The zero-order valence-electron chi connectivity index (χ0n) is 19.9. The Kier molecular flexibility index (Phi) is 7.36. The van der Waals surface area contributed by atoms with Gasteiger partial charge in [-0.15, -0.1) is 10.2 Å². The van der Waals surface area contributed by atoms with Gasteiger partial charge in [-0.25, -0.2) is 4.98 Å². The van der Waals surface area contributed by atoms with Crippen LogP contribution in [0, 0.1) is 0 Å². The van der Waals surface area contributed by atoms with Crippen molar-refractivity contribution in [3.05, 3.63) is 46.9 Å². The van der Waals surface area contributed by atoms with E-state index in [9.17, 15) is 31.1 Å². The van der Waals surface area contributed by atoms with E-state index in [2.05, 4.69) is 30.9 Å². The zero-order valence-corrected chi connectivity index (χ0v) is 20.8. The third-order valence-corrected chi connectivity index (χ3v) is 6.99. The van der Waals surface area contributed by atoms with Gasteiger partial charge in [0.2, 0.25) is 5.82 Å². The van der Waals surface area contributed by atoms with Gasteiger partial charge < -0.3 is 15.0 Å². The van der Waals surface area contributed by atoms with Gasteiger partial charge in [0.15, 0.2) is 5.54 Å².